The summed E-state index contributed by atoms with van der Waals surface area (Å²) in [6, 6.07) is 17.9. The molecule has 1 nitrogen and oxygen atoms in total. The number of aromatic nitrogens is 1. The average molecular weight is 332 g/mol. The Balaban J connectivity index is 1.99. The quantitative estimate of drug-likeness (QED) is 0.487. The van der Waals surface area contributed by atoms with Crippen LogP contribution in [0.25, 0.3) is 22.2 Å². The van der Waals surface area contributed by atoms with Crippen LogP contribution in [0, 0.1) is 12.8 Å². The number of benzene rings is 2. The average Bonchev–Trinajstić information content (AvgIpc) is 2.58. The lowest BCUT2D eigenvalue weighted by Crippen LogP contribution is -1.95. The minimum atomic E-state index is 0.665. The molecular formula is C24H29N. The van der Waals surface area contributed by atoms with Crippen molar-refractivity contribution in [3.8, 4) is 11.3 Å². The number of unbranched alkanes of at least 4 members (excludes halogenated alkanes) is 1. The highest BCUT2D eigenvalue weighted by Gasteiger charge is 2.06. The molecule has 1 aromatic heterocycles. The van der Waals surface area contributed by atoms with Crippen molar-refractivity contribution in [1.82, 2.24) is 4.98 Å². The molecule has 1 heterocycles. The predicted octanol–water partition coefficient (Wildman–Crippen LogP) is 6.75. The summed E-state index contributed by atoms with van der Waals surface area (Å²) in [6.07, 6.45) is 4.73. The molecule has 0 atom stereocenters. The van der Waals surface area contributed by atoms with Crippen LogP contribution in [0.5, 0.6) is 0 Å². The molecule has 0 bridgehead atoms. The number of rotatable bonds is 6. The highest BCUT2D eigenvalue weighted by molar-refractivity contribution is 5.82. The van der Waals surface area contributed by atoms with E-state index in [9.17, 15) is 0 Å². The molecular weight excluding hydrogens is 302 g/mol. The molecule has 0 amide bonds. The number of hydrogen-bond acceptors (Lipinski definition) is 1. The van der Waals surface area contributed by atoms with Crippen LogP contribution in [0.4, 0.5) is 0 Å². The highest BCUT2D eigenvalue weighted by Crippen LogP contribution is 2.25. The molecule has 0 aliphatic heterocycles. The first-order valence-corrected chi connectivity index (χ1v) is 9.56. The summed E-state index contributed by atoms with van der Waals surface area (Å²) in [5.74, 6) is 0.665. The first-order valence-electron chi connectivity index (χ1n) is 9.56. The molecule has 2 aromatic carbocycles. The van der Waals surface area contributed by atoms with Crippen molar-refractivity contribution in [2.24, 2.45) is 5.92 Å². The van der Waals surface area contributed by atoms with Crippen LogP contribution in [-0.4, -0.2) is 4.98 Å². The Morgan fingerprint density at radius 1 is 0.920 bits per heavy atom. The van der Waals surface area contributed by atoms with Gasteiger partial charge in [-0.2, -0.15) is 0 Å². The van der Waals surface area contributed by atoms with Crippen LogP contribution in [0.3, 0.4) is 0 Å². The summed E-state index contributed by atoms with van der Waals surface area (Å²) in [4.78, 5) is 4.98. The van der Waals surface area contributed by atoms with E-state index < -0.39 is 0 Å². The molecule has 0 saturated carbocycles. The first-order chi connectivity index (χ1) is 12.0. The third-order valence-corrected chi connectivity index (χ3v) is 4.65. The molecule has 0 spiro atoms. The van der Waals surface area contributed by atoms with E-state index in [-0.39, 0.29) is 0 Å². The summed E-state index contributed by atoms with van der Waals surface area (Å²) in [5, 5.41) is 1.22. The number of nitrogens with zero attached hydrogens (tertiary/aromatic N) is 1. The van der Waals surface area contributed by atoms with E-state index in [0.29, 0.717) is 5.92 Å². The molecule has 0 fully saturated rings. The van der Waals surface area contributed by atoms with Crippen molar-refractivity contribution in [2.45, 2.75) is 53.4 Å². The summed E-state index contributed by atoms with van der Waals surface area (Å²) in [5.41, 5.74) is 7.54. The molecule has 0 aliphatic rings. The fraction of sp³-hybridized carbons (Fsp3) is 0.375. The predicted molar refractivity (Wildman–Crippen MR) is 109 cm³/mol. The third-order valence-electron chi connectivity index (χ3n) is 4.65. The van der Waals surface area contributed by atoms with Gasteiger partial charge in [-0.05, 0) is 67.5 Å². The number of hydrogen-bond donors (Lipinski definition) is 0. The van der Waals surface area contributed by atoms with Crippen molar-refractivity contribution in [3.05, 3.63) is 65.2 Å². The van der Waals surface area contributed by atoms with Gasteiger partial charge < -0.3 is 0 Å². The van der Waals surface area contributed by atoms with Crippen LogP contribution in [-0.2, 0) is 12.8 Å². The number of fused-ring (bicyclic) bond motifs is 1. The van der Waals surface area contributed by atoms with Gasteiger partial charge in [-0.1, -0.05) is 57.0 Å². The van der Waals surface area contributed by atoms with Crippen LogP contribution in [0.1, 0.15) is 50.3 Å². The van der Waals surface area contributed by atoms with Crippen molar-refractivity contribution >= 4 is 10.9 Å². The Morgan fingerprint density at radius 2 is 1.72 bits per heavy atom. The first kappa shape index (κ1) is 17.7. The van der Waals surface area contributed by atoms with Crippen molar-refractivity contribution in [2.75, 3.05) is 0 Å². The zero-order valence-corrected chi connectivity index (χ0v) is 16.0. The Hall–Kier alpha value is -2.15. The zero-order valence-electron chi connectivity index (χ0n) is 16.0. The summed E-state index contributed by atoms with van der Waals surface area (Å²) >= 11 is 0. The van der Waals surface area contributed by atoms with Gasteiger partial charge >= 0.3 is 0 Å². The maximum Gasteiger partial charge on any atom is 0.0712 e. The van der Waals surface area contributed by atoms with Gasteiger partial charge in [-0.15, -0.1) is 0 Å². The second kappa shape index (κ2) is 7.82. The molecule has 0 N–H and O–H groups in total. The maximum absolute atomic E-state index is 4.98. The second-order valence-corrected chi connectivity index (χ2v) is 7.63. The molecule has 0 unspecified atom stereocenters. The molecule has 25 heavy (non-hydrogen) atoms. The van der Waals surface area contributed by atoms with Gasteiger partial charge in [0.2, 0.25) is 0 Å². The van der Waals surface area contributed by atoms with Crippen LogP contribution >= 0.6 is 0 Å². The van der Waals surface area contributed by atoms with Gasteiger partial charge in [0.05, 0.1) is 11.2 Å². The van der Waals surface area contributed by atoms with E-state index in [1.807, 2.05) is 0 Å². The molecule has 3 aromatic rings. The smallest absolute Gasteiger partial charge is 0.0712 e. The lowest BCUT2D eigenvalue weighted by atomic mass is 9.99. The summed E-state index contributed by atoms with van der Waals surface area (Å²) in [6.45, 7) is 8.95. The molecule has 0 aliphatic carbocycles. The molecule has 0 saturated heterocycles. The van der Waals surface area contributed by atoms with Crippen LogP contribution in [0.15, 0.2) is 48.5 Å². The monoisotopic (exact) mass is 331 g/mol. The van der Waals surface area contributed by atoms with Gasteiger partial charge in [0.1, 0.15) is 0 Å². The Kier molecular flexibility index (Phi) is 5.53. The SMILES string of the molecule is CCCCc1cc(C)cc(-c2ccc3ccc(CC(C)C)cc3n2)c1. The Morgan fingerprint density at radius 3 is 2.48 bits per heavy atom. The number of pyridine rings is 1. The van der Waals surface area contributed by atoms with Gasteiger partial charge in [-0.3, -0.25) is 0 Å². The fourth-order valence-corrected chi connectivity index (χ4v) is 3.46. The van der Waals surface area contributed by atoms with E-state index in [2.05, 4.69) is 76.2 Å². The van der Waals surface area contributed by atoms with Crippen molar-refractivity contribution in [1.29, 1.82) is 0 Å². The van der Waals surface area contributed by atoms with Crippen molar-refractivity contribution in [3.63, 3.8) is 0 Å². The van der Waals surface area contributed by atoms with E-state index in [1.54, 1.807) is 0 Å². The van der Waals surface area contributed by atoms with Crippen molar-refractivity contribution < 1.29 is 0 Å². The van der Waals surface area contributed by atoms with Gasteiger partial charge in [0, 0.05) is 10.9 Å². The minimum absolute atomic E-state index is 0.665. The standard InChI is InChI=1S/C24H29N/c1-5-6-7-19-13-18(4)14-22(15-19)23-11-10-21-9-8-20(12-17(2)3)16-24(21)25-23/h8-11,13-17H,5-7,12H2,1-4H3. The largest absolute Gasteiger partial charge is 0.248 e. The van der Waals surface area contributed by atoms with Gasteiger partial charge in [0.15, 0.2) is 0 Å². The van der Waals surface area contributed by atoms with E-state index in [1.165, 1.54) is 40.5 Å². The van der Waals surface area contributed by atoms with E-state index >= 15 is 0 Å². The van der Waals surface area contributed by atoms with Gasteiger partial charge in [-0.25, -0.2) is 4.98 Å². The Labute approximate surface area is 152 Å². The number of aryl methyl sites for hydroxylation is 2. The molecule has 1 heteroatoms. The highest BCUT2D eigenvalue weighted by atomic mass is 14.7. The topological polar surface area (TPSA) is 12.9 Å². The molecule has 130 valence electrons. The molecule has 0 radical (unpaired) electrons. The second-order valence-electron chi connectivity index (χ2n) is 7.63. The fourth-order valence-electron chi connectivity index (χ4n) is 3.46. The minimum Gasteiger partial charge on any atom is -0.248 e. The van der Waals surface area contributed by atoms with Crippen LogP contribution < -0.4 is 0 Å². The van der Waals surface area contributed by atoms with Gasteiger partial charge in [0.25, 0.3) is 0 Å². The maximum atomic E-state index is 4.98. The zero-order chi connectivity index (χ0) is 17.8. The normalized spacial score (nSPS) is 11.4. The molecule has 3 rings (SSSR count). The third kappa shape index (κ3) is 4.48. The van der Waals surface area contributed by atoms with Crippen LogP contribution in [0.2, 0.25) is 0 Å². The lowest BCUT2D eigenvalue weighted by molar-refractivity contribution is 0.648. The van der Waals surface area contributed by atoms with E-state index in [0.717, 1.165) is 24.1 Å². The Bertz CT molecular complexity index is 861. The lowest BCUT2D eigenvalue weighted by Gasteiger charge is -2.10. The summed E-state index contributed by atoms with van der Waals surface area (Å²) < 4.78 is 0. The summed E-state index contributed by atoms with van der Waals surface area (Å²) in [7, 11) is 0. The van der Waals surface area contributed by atoms with E-state index in [4.69, 9.17) is 4.98 Å².